The van der Waals surface area contributed by atoms with E-state index >= 15 is 0 Å². The number of hydrogen-bond donors (Lipinski definition) is 2. The summed E-state index contributed by atoms with van der Waals surface area (Å²) in [6.45, 7) is 4.07. The minimum Gasteiger partial charge on any atom is -0.314 e. The second-order valence-electron chi connectivity index (χ2n) is 4.95. The highest BCUT2D eigenvalue weighted by Crippen LogP contribution is 2.20. The molecule has 2 rings (SSSR count). The van der Waals surface area contributed by atoms with E-state index in [9.17, 15) is 4.79 Å². The fraction of sp³-hybridized carbons (Fsp3) is 0.167. The third-order valence-corrected chi connectivity index (χ3v) is 3.87. The second-order valence-corrected chi connectivity index (χ2v) is 5.86. The van der Waals surface area contributed by atoms with Crippen molar-refractivity contribution in [1.82, 2.24) is 5.32 Å². The summed E-state index contributed by atoms with van der Waals surface area (Å²) in [5.74, 6) is 0. The van der Waals surface area contributed by atoms with Gasteiger partial charge < -0.3 is 10.6 Å². The van der Waals surface area contributed by atoms with Crippen molar-refractivity contribution in [1.29, 1.82) is 0 Å². The summed E-state index contributed by atoms with van der Waals surface area (Å²) in [5, 5.41) is 5.65. The minimum absolute atomic E-state index is 0.239. The number of nitrogens with one attached hydrogen (secondary N) is 2. The average molecular weight is 359 g/mol. The maximum Gasteiger partial charge on any atom is 0.323 e. The summed E-state index contributed by atoms with van der Waals surface area (Å²) in [5.41, 5.74) is 4.10. The van der Waals surface area contributed by atoms with Crippen LogP contribution in [0.3, 0.4) is 0 Å². The molecule has 22 heavy (non-hydrogen) atoms. The topological polar surface area (TPSA) is 41.1 Å². The molecule has 0 aliphatic rings. The first-order valence-corrected chi connectivity index (χ1v) is 7.97. The van der Waals surface area contributed by atoms with E-state index in [2.05, 4.69) is 33.5 Å². The third-order valence-electron chi connectivity index (χ3n) is 3.34. The van der Waals surface area contributed by atoms with Gasteiger partial charge in [-0.15, -0.1) is 0 Å². The fourth-order valence-electron chi connectivity index (χ4n) is 2.14. The maximum atomic E-state index is 12.0. The largest absolute Gasteiger partial charge is 0.323 e. The van der Waals surface area contributed by atoms with Gasteiger partial charge in [-0.25, -0.2) is 4.79 Å². The second kappa shape index (κ2) is 7.80. The number of anilines is 1. The van der Waals surface area contributed by atoms with E-state index < -0.39 is 0 Å². The van der Waals surface area contributed by atoms with E-state index in [4.69, 9.17) is 0 Å². The highest BCUT2D eigenvalue weighted by molar-refractivity contribution is 9.10. The Balaban J connectivity index is 1.97. The van der Waals surface area contributed by atoms with Gasteiger partial charge in [0.05, 0.1) is 0 Å². The number of para-hydroxylation sites is 1. The average Bonchev–Trinajstić information content (AvgIpc) is 2.51. The van der Waals surface area contributed by atoms with E-state index in [0.29, 0.717) is 0 Å². The van der Waals surface area contributed by atoms with Crippen LogP contribution in [0.4, 0.5) is 10.5 Å². The van der Waals surface area contributed by atoms with Crippen LogP contribution in [-0.4, -0.2) is 6.03 Å². The molecule has 0 spiro atoms. The fourth-order valence-corrected chi connectivity index (χ4v) is 2.40. The Kier molecular flexibility index (Phi) is 5.78. The van der Waals surface area contributed by atoms with Gasteiger partial charge in [0.15, 0.2) is 0 Å². The normalized spacial score (nSPS) is 10.7. The predicted octanol–water partition coefficient (Wildman–Crippen LogP) is 5.11. The molecular weight excluding hydrogens is 340 g/mol. The first kappa shape index (κ1) is 16.3. The van der Waals surface area contributed by atoms with Gasteiger partial charge in [-0.3, -0.25) is 0 Å². The van der Waals surface area contributed by atoms with Crippen molar-refractivity contribution in [2.24, 2.45) is 0 Å². The molecule has 0 aromatic heterocycles. The summed E-state index contributed by atoms with van der Waals surface area (Å²) in [6.07, 6.45) is 4.37. The summed E-state index contributed by atoms with van der Waals surface area (Å²) < 4.78 is 1.03. The number of urea groups is 1. The zero-order valence-corrected chi connectivity index (χ0v) is 14.3. The zero-order valence-electron chi connectivity index (χ0n) is 12.7. The van der Waals surface area contributed by atoms with Crippen LogP contribution in [0.15, 0.2) is 53.1 Å². The van der Waals surface area contributed by atoms with Crippen molar-refractivity contribution in [3.05, 3.63) is 69.8 Å². The molecule has 0 unspecified atom stereocenters. The van der Waals surface area contributed by atoms with Crippen LogP contribution < -0.4 is 10.6 Å². The number of hydrogen-bond acceptors (Lipinski definition) is 1. The molecule has 2 aromatic carbocycles. The zero-order chi connectivity index (χ0) is 15.9. The van der Waals surface area contributed by atoms with Crippen LogP contribution in [0.1, 0.15) is 23.6 Å². The lowest BCUT2D eigenvalue weighted by Crippen LogP contribution is -2.24. The van der Waals surface area contributed by atoms with Gasteiger partial charge >= 0.3 is 6.03 Å². The molecule has 0 fully saturated rings. The van der Waals surface area contributed by atoms with Crippen molar-refractivity contribution < 1.29 is 4.79 Å². The standard InChI is InChI=1S/C18H19BrN2O/c1-3-15-6-4-5-13(2)17(15)21-18(22)20-12-11-14-7-9-16(19)10-8-14/h4-12H,3H2,1-2H3,(H2,20,21,22)/b12-11+. The lowest BCUT2D eigenvalue weighted by molar-refractivity contribution is 0.255. The maximum absolute atomic E-state index is 12.0. The molecule has 2 N–H and O–H groups in total. The summed E-state index contributed by atoms with van der Waals surface area (Å²) >= 11 is 3.39. The van der Waals surface area contributed by atoms with Crippen molar-refractivity contribution in [2.75, 3.05) is 5.32 Å². The lowest BCUT2D eigenvalue weighted by atomic mass is 10.1. The molecule has 0 aliphatic heterocycles. The number of rotatable bonds is 4. The van der Waals surface area contributed by atoms with Crippen LogP contribution >= 0.6 is 15.9 Å². The number of carbonyl (C=O) groups excluding carboxylic acids is 1. The smallest absolute Gasteiger partial charge is 0.314 e. The van der Waals surface area contributed by atoms with Crippen LogP contribution in [0.2, 0.25) is 0 Å². The molecule has 0 saturated carbocycles. The van der Waals surface area contributed by atoms with Gasteiger partial charge in [0, 0.05) is 16.4 Å². The number of aryl methyl sites for hydroxylation is 2. The molecule has 3 nitrogen and oxygen atoms in total. The van der Waals surface area contributed by atoms with Gasteiger partial charge in [-0.05, 0) is 48.2 Å². The molecular formula is C18H19BrN2O. The molecule has 4 heteroatoms. The first-order valence-electron chi connectivity index (χ1n) is 7.18. The summed E-state index contributed by atoms with van der Waals surface area (Å²) in [4.78, 5) is 12.0. The Morgan fingerprint density at radius 3 is 2.59 bits per heavy atom. The van der Waals surface area contributed by atoms with Crippen molar-refractivity contribution >= 4 is 33.7 Å². The molecule has 0 saturated heterocycles. The Morgan fingerprint density at radius 1 is 1.18 bits per heavy atom. The molecule has 0 aliphatic carbocycles. The SMILES string of the molecule is CCc1cccc(C)c1NC(=O)N/C=C/c1ccc(Br)cc1. The highest BCUT2D eigenvalue weighted by atomic mass is 79.9. The monoisotopic (exact) mass is 358 g/mol. The summed E-state index contributed by atoms with van der Waals surface area (Å²) in [6, 6.07) is 13.6. The van der Waals surface area contributed by atoms with Gasteiger partial charge in [-0.1, -0.05) is 53.2 Å². The Morgan fingerprint density at radius 2 is 1.91 bits per heavy atom. The Hall–Kier alpha value is -2.07. The van der Waals surface area contributed by atoms with E-state index in [1.807, 2.05) is 55.5 Å². The van der Waals surface area contributed by atoms with Crippen LogP contribution in [0.25, 0.3) is 6.08 Å². The van der Waals surface area contributed by atoms with Gasteiger partial charge in [-0.2, -0.15) is 0 Å². The quantitative estimate of drug-likeness (QED) is 0.782. The molecule has 114 valence electrons. The predicted molar refractivity (Wildman–Crippen MR) is 95.9 cm³/mol. The third kappa shape index (κ3) is 4.46. The molecule has 2 amide bonds. The van der Waals surface area contributed by atoms with Crippen molar-refractivity contribution in [3.63, 3.8) is 0 Å². The van der Waals surface area contributed by atoms with Crippen LogP contribution in [0, 0.1) is 6.92 Å². The lowest BCUT2D eigenvalue weighted by Gasteiger charge is -2.12. The minimum atomic E-state index is -0.239. The number of halogens is 1. The highest BCUT2D eigenvalue weighted by Gasteiger charge is 2.06. The van der Waals surface area contributed by atoms with Crippen LogP contribution in [0.5, 0.6) is 0 Å². The Bertz CT molecular complexity index is 678. The number of benzene rings is 2. The van der Waals surface area contributed by atoms with Crippen molar-refractivity contribution in [2.45, 2.75) is 20.3 Å². The molecule has 0 heterocycles. The first-order chi connectivity index (χ1) is 10.6. The van der Waals surface area contributed by atoms with Crippen molar-refractivity contribution in [3.8, 4) is 0 Å². The van der Waals surface area contributed by atoms with Gasteiger partial charge in [0.2, 0.25) is 0 Å². The Labute approximate surface area is 139 Å². The van der Waals surface area contributed by atoms with Crippen LogP contribution in [-0.2, 0) is 6.42 Å². The molecule has 0 bridgehead atoms. The number of amides is 2. The van der Waals surface area contributed by atoms with E-state index in [-0.39, 0.29) is 6.03 Å². The van der Waals surface area contributed by atoms with Gasteiger partial charge in [0.25, 0.3) is 0 Å². The molecule has 0 radical (unpaired) electrons. The number of carbonyl (C=O) groups is 1. The van der Waals surface area contributed by atoms with Gasteiger partial charge in [0.1, 0.15) is 0 Å². The van der Waals surface area contributed by atoms with E-state index in [0.717, 1.165) is 33.3 Å². The molecule has 0 atom stereocenters. The van der Waals surface area contributed by atoms with E-state index in [1.165, 1.54) is 0 Å². The van der Waals surface area contributed by atoms with E-state index in [1.54, 1.807) is 6.20 Å². The summed E-state index contributed by atoms with van der Waals surface area (Å²) in [7, 11) is 0. The molecule has 2 aromatic rings.